The van der Waals surface area contributed by atoms with Crippen molar-refractivity contribution in [2.75, 3.05) is 6.26 Å². The summed E-state index contributed by atoms with van der Waals surface area (Å²) in [5.41, 5.74) is 0.0965. The van der Waals surface area contributed by atoms with Gasteiger partial charge in [0.25, 0.3) is 5.24 Å². The Balaban J connectivity index is 3.07. The van der Waals surface area contributed by atoms with Crippen LogP contribution in [0.1, 0.15) is 10.4 Å². The molecule has 1 aromatic rings. The highest BCUT2D eigenvalue weighted by Gasteiger charge is 2.10. The van der Waals surface area contributed by atoms with E-state index < -0.39 is 15.4 Å². The average Bonchev–Trinajstić information content (AvgIpc) is 1.99. The second-order valence-corrected chi connectivity index (χ2v) is 5.03. The molecule has 82 valence electrons. The van der Waals surface area contributed by atoms with E-state index in [0.717, 1.165) is 6.26 Å². The van der Waals surface area contributed by atoms with Gasteiger partial charge < -0.3 is 4.18 Å². The summed E-state index contributed by atoms with van der Waals surface area (Å²) < 4.78 is 26.1. The highest BCUT2D eigenvalue weighted by atomic mass is 35.5. The van der Waals surface area contributed by atoms with E-state index in [2.05, 4.69) is 4.18 Å². The molecule has 0 aliphatic carbocycles. The molecule has 0 atom stereocenters. The Hall–Kier alpha value is -0.780. The zero-order valence-corrected chi connectivity index (χ0v) is 9.86. The van der Waals surface area contributed by atoms with E-state index in [-0.39, 0.29) is 16.3 Å². The first-order valence-electron chi connectivity index (χ1n) is 3.68. The van der Waals surface area contributed by atoms with E-state index in [9.17, 15) is 13.2 Å². The van der Waals surface area contributed by atoms with Gasteiger partial charge in [0.1, 0.15) is 5.75 Å². The van der Waals surface area contributed by atoms with Gasteiger partial charge in [-0.2, -0.15) is 8.42 Å². The largest absolute Gasteiger partial charge is 0.383 e. The molecule has 0 N–H and O–H groups in total. The minimum Gasteiger partial charge on any atom is -0.383 e. The molecule has 0 heterocycles. The number of carbonyl (C=O) groups is 1. The van der Waals surface area contributed by atoms with Crippen molar-refractivity contribution in [3.63, 3.8) is 0 Å². The van der Waals surface area contributed by atoms with Crippen LogP contribution < -0.4 is 4.18 Å². The van der Waals surface area contributed by atoms with Crippen LogP contribution in [-0.4, -0.2) is 19.9 Å². The van der Waals surface area contributed by atoms with Crippen LogP contribution in [0, 0.1) is 0 Å². The first-order valence-corrected chi connectivity index (χ1v) is 6.25. The second kappa shape index (κ2) is 4.38. The molecule has 0 saturated heterocycles. The first-order chi connectivity index (χ1) is 6.79. The topological polar surface area (TPSA) is 60.4 Å². The molecule has 1 aromatic carbocycles. The summed E-state index contributed by atoms with van der Waals surface area (Å²) in [6.45, 7) is 0. The number of hydrogen-bond donors (Lipinski definition) is 0. The maximum Gasteiger partial charge on any atom is 0.306 e. The Bertz CT molecular complexity index is 495. The van der Waals surface area contributed by atoms with E-state index in [0.29, 0.717) is 0 Å². The zero-order valence-electron chi connectivity index (χ0n) is 7.53. The third-order valence-corrected chi connectivity index (χ3v) is 2.41. The van der Waals surface area contributed by atoms with Crippen LogP contribution >= 0.6 is 23.2 Å². The van der Waals surface area contributed by atoms with E-state index >= 15 is 0 Å². The van der Waals surface area contributed by atoms with Crippen LogP contribution in [0.5, 0.6) is 5.75 Å². The molecule has 1 rings (SSSR count). The van der Waals surface area contributed by atoms with Gasteiger partial charge in [-0.25, -0.2) is 0 Å². The van der Waals surface area contributed by atoms with Gasteiger partial charge in [0.15, 0.2) is 0 Å². The standard InChI is InChI=1S/C8H6Cl2O4S/c1-15(12,13)14-5-2-3-6(8(10)11)7(9)4-5/h2-4H,1H3. The Labute approximate surface area is 96.9 Å². The van der Waals surface area contributed by atoms with Crippen LogP contribution in [0.2, 0.25) is 5.02 Å². The molecule has 0 aromatic heterocycles. The summed E-state index contributed by atoms with van der Waals surface area (Å²) >= 11 is 10.9. The van der Waals surface area contributed by atoms with Gasteiger partial charge in [-0.3, -0.25) is 4.79 Å². The highest BCUT2D eigenvalue weighted by Crippen LogP contribution is 2.24. The van der Waals surface area contributed by atoms with Crippen molar-refractivity contribution < 1.29 is 17.4 Å². The van der Waals surface area contributed by atoms with Crippen molar-refractivity contribution in [3.8, 4) is 5.75 Å². The van der Waals surface area contributed by atoms with Crippen molar-refractivity contribution in [1.82, 2.24) is 0 Å². The van der Waals surface area contributed by atoms with Gasteiger partial charge in [-0.1, -0.05) is 11.6 Å². The lowest BCUT2D eigenvalue weighted by molar-refractivity contribution is 0.108. The SMILES string of the molecule is CS(=O)(=O)Oc1ccc(C(=O)Cl)c(Cl)c1. The van der Waals surface area contributed by atoms with Crippen LogP contribution in [0.25, 0.3) is 0 Å². The number of carbonyl (C=O) groups excluding carboxylic acids is 1. The lowest BCUT2D eigenvalue weighted by atomic mass is 10.2. The van der Waals surface area contributed by atoms with E-state index in [1.54, 1.807) is 0 Å². The van der Waals surface area contributed by atoms with Crippen molar-refractivity contribution in [2.45, 2.75) is 0 Å². The van der Waals surface area contributed by atoms with Crippen molar-refractivity contribution >= 4 is 38.6 Å². The molecular formula is C8H6Cl2O4S. The Morgan fingerprint density at radius 2 is 2.00 bits per heavy atom. The summed E-state index contributed by atoms with van der Waals surface area (Å²) in [6, 6.07) is 3.79. The van der Waals surface area contributed by atoms with Crippen LogP contribution in [0.4, 0.5) is 0 Å². The van der Waals surface area contributed by atoms with E-state index in [1.807, 2.05) is 0 Å². The Morgan fingerprint density at radius 1 is 1.40 bits per heavy atom. The summed E-state index contributed by atoms with van der Waals surface area (Å²) in [4.78, 5) is 10.8. The fourth-order valence-corrected chi connectivity index (χ4v) is 1.80. The maximum absolute atomic E-state index is 10.8. The second-order valence-electron chi connectivity index (χ2n) is 2.70. The third kappa shape index (κ3) is 3.70. The van der Waals surface area contributed by atoms with Crippen molar-refractivity contribution in [1.29, 1.82) is 0 Å². The molecule has 0 aliphatic rings. The molecular weight excluding hydrogens is 263 g/mol. The smallest absolute Gasteiger partial charge is 0.306 e. The summed E-state index contributed by atoms with van der Waals surface area (Å²) in [7, 11) is -3.60. The lowest BCUT2D eigenvalue weighted by Crippen LogP contribution is -2.06. The Kier molecular flexibility index (Phi) is 3.59. The molecule has 0 unspecified atom stereocenters. The molecule has 15 heavy (non-hydrogen) atoms. The van der Waals surface area contributed by atoms with E-state index in [1.165, 1.54) is 18.2 Å². The van der Waals surface area contributed by atoms with Crippen LogP contribution in [-0.2, 0) is 10.1 Å². The van der Waals surface area contributed by atoms with Crippen LogP contribution in [0.15, 0.2) is 18.2 Å². The molecule has 0 saturated carbocycles. The fourth-order valence-electron chi connectivity index (χ4n) is 0.882. The normalized spacial score (nSPS) is 11.1. The highest BCUT2D eigenvalue weighted by molar-refractivity contribution is 7.86. The predicted octanol–water partition coefficient (Wildman–Crippen LogP) is 2.06. The minimum atomic E-state index is -3.60. The average molecular weight is 269 g/mol. The summed E-state index contributed by atoms with van der Waals surface area (Å²) in [6.07, 6.45) is 0.904. The first kappa shape index (κ1) is 12.3. The van der Waals surface area contributed by atoms with Gasteiger partial charge in [-0.05, 0) is 23.7 Å². The fraction of sp³-hybridized carbons (Fsp3) is 0.125. The van der Waals surface area contributed by atoms with Gasteiger partial charge in [-0.15, -0.1) is 0 Å². The Morgan fingerprint density at radius 3 is 2.40 bits per heavy atom. The number of hydrogen-bond acceptors (Lipinski definition) is 4. The molecule has 7 heteroatoms. The molecule has 4 nitrogen and oxygen atoms in total. The zero-order chi connectivity index (χ0) is 11.6. The summed E-state index contributed by atoms with van der Waals surface area (Å²) in [5, 5.41) is -0.679. The third-order valence-electron chi connectivity index (χ3n) is 1.40. The molecule has 0 spiro atoms. The molecule has 0 fully saturated rings. The van der Waals surface area contributed by atoms with Crippen LogP contribution in [0.3, 0.4) is 0 Å². The number of rotatable bonds is 3. The lowest BCUT2D eigenvalue weighted by Gasteiger charge is -2.04. The van der Waals surface area contributed by atoms with Gasteiger partial charge in [0.2, 0.25) is 0 Å². The molecule has 0 aliphatic heterocycles. The minimum absolute atomic E-state index is 0.0316. The van der Waals surface area contributed by atoms with Crippen molar-refractivity contribution in [2.24, 2.45) is 0 Å². The predicted molar refractivity (Wildman–Crippen MR) is 57.1 cm³/mol. The molecule has 0 radical (unpaired) electrons. The monoisotopic (exact) mass is 268 g/mol. The van der Waals surface area contributed by atoms with Gasteiger partial charge in [0.05, 0.1) is 16.8 Å². The molecule has 0 bridgehead atoms. The van der Waals surface area contributed by atoms with Crippen molar-refractivity contribution in [3.05, 3.63) is 28.8 Å². The van der Waals surface area contributed by atoms with E-state index in [4.69, 9.17) is 23.2 Å². The van der Waals surface area contributed by atoms with Gasteiger partial charge >= 0.3 is 10.1 Å². The number of halogens is 2. The summed E-state index contributed by atoms with van der Waals surface area (Å²) in [5.74, 6) is 0.0316. The van der Waals surface area contributed by atoms with Gasteiger partial charge in [0, 0.05) is 6.07 Å². The number of benzene rings is 1. The maximum atomic E-state index is 10.8. The quantitative estimate of drug-likeness (QED) is 0.622. The molecule has 0 amide bonds.